The van der Waals surface area contributed by atoms with Gasteiger partial charge in [0.25, 0.3) is 0 Å². The molecule has 0 bridgehead atoms. The smallest absolute Gasteiger partial charge is 0.411 e. The monoisotopic (exact) mass is 329 g/mol. The Kier molecular flexibility index (Phi) is 9.53. The number of carbonyl (C=O) groups is 3. The van der Waals surface area contributed by atoms with Crippen molar-refractivity contribution in [3.05, 3.63) is 0 Å². The Morgan fingerprint density at radius 3 is 2.22 bits per heavy atom. The van der Waals surface area contributed by atoms with Crippen molar-refractivity contribution < 1.29 is 23.9 Å². The normalized spacial score (nSPS) is 20.3. The lowest BCUT2D eigenvalue weighted by Crippen LogP contribution is -2.47. The van der Waals surface area contributed by atoms with Gasteiger partial charge in [0.15, 0.2) is 0 Å². The molecule has 23 heavy (non-hydrogen) atoms. The minimum Gasteiger partial charge on any atom is -0.467 e. The summed E-state index contributed by atoms with van der Waals surface area (Å²) in [5, 5.41) is 0. The summed E-state index contributed by atoms with van der Waals surface area (Å²) in [7, 11) is 1.30. The molecule has 2 unspecified atom stereocenters. The van der Waals surface area contributed by atoms with Crippen molar-refractivity contribution >= 4 is 18.3 Å². The number of hydrogen-bond donors (Lipinski definition) is 0. The number of nitrogens with zero attached hydrogens (tertiary/aromatic N) is 1. The third kappa shape index (κ3) is 7.48. The molecule has 0 spiro atoms. The molecule has 6 nitrogen and oxygen atoms in total. The van der Waals surface area contributed by atoms with E-state index in [1.165, 1.54) is 18.4 Å². The third-order valence-corrected chi connectivity index (χ3v) is 3.20. The van der Waals surface area contributed by atoms with Crippen molar-refractivity contribution in [3.8, 4) is 0 Å². The Balaban J connectivity index is 0.00000149. The molecular formula is C17H31NO5. The topological polar surface area (TPSA) is 72.9 Å². The fourth-order valence-corrected chi connectivity index (χ4v) is 2.39. The van der Waals surface area contributed by atoms with Gasteiger partial charge in [-0.2, -0.15) is 0 Å². The maximum atomic E-state index is 12.3. The largest absolute Gasteiger partial charge is 0.467 e. The molecule has 2 atom stereocenters. The Bertz CT molecular complexity index is 389. The first-order valence-electron chi connectivity index (χ1n) is 8.24. The van der Waals surface area contributed by atoms with Crippen molar-refractivity contribution in [1.82, 2.24) is 4.90 Å². The summed E-state index contributed by atoms with van der Waals surface area (Å²) < 4.78 is 10.1. The lowest BCUT2D eigenvalue weighted by Gasteiger charge is -2.31. The standard InChI is InChI=1S/C14H23NO5.C3H8/c1-14(2,3)20-13(18)15-10(6-5-9-16)7-8-11(15)12(17)19-4;1-3-2/h9-11H,5-8H2,1-4H3;3H2,1-2H3. The molecule has 0 N–H and O–H groups in total. The van der Waals surface area contributed by atoms with Gasteiger partial charge in [-0.05, 0) is 40.0 Å². The van der Waals surface area contributed by atoms with E-state index < -0.39 is 23.7 Å². The molecule has 0 aromatic rings. The molecule has 6 heteroatoms. The fourth-order valence-electron chi connectivity index (χ4n) is 2.39. The number of amides is 1. The van der Waals surface area contributed by atoms with Crippen LogP contribution in [-0.4, -0.2) is 48.0 Å². The summed E-state index contributed by atoms with van der Waals surface area (Å²) in [5.41, 5.74) is -0.629. The van der Waals surface area contributed by atoms with Gasteiger partial charge >= 0.3 is 12.1 Å². The van der Waals surface area contributed by atoms with Crippen molar-refractivity contribution in [2.75, 3.05) is 7.11 Å². The summed E-state index contributed by atoms with van der Waals surface area (Å²) >= 11 is 0. The molecule has 134 valence electrons. The second-order valence-electron chi connectivity index (χ2n) is 6.61. The Labute approximate surface area is 139 Å². The number of ether oxygens (including phenoxy) is 2. The summed E-state index contributed by atoms with van der Waals surface area (Å²) in [4.78, 5) is 36.0. The number of esters is 1. The summed E-state index contributed by atoms with van der Waals surface area (Å²) in [6.45, 7) is 9.57. The maximum absolute atomic E-state index is 12.3. The molecule has 0 aromatic heterocycles. The average molecular weight is 329 g/mol. The molecule has 0 aliphatic carbocycles. The molecule has 1 amide bonds. The molecule has 0 radical (unpaired) electrons. The molecule has 0 aromatic carbocycles. The lowest BCUT2D eigenvalue weighted by atomic mass is 10.1. The van der Waals surface area contributed by atoms with Gasteiger partial charge in [0, 0.05) is 12.5 Å². The molecule has 1 heterocycles. The number of likely N-dealkylation sites (tertiary alicyclic amines) is 1. The first-order valence-corrected chi connectivity index (χ1v) is 8.24. The van der Waals surface area contributed by atoms with Gasteiger partial charge in [0.1, 0.15) is 17.9 Å². The quantitative estimate of drug-likeness (QED) is 0.584. The van der Waals surface area contributed by atoms with Gasteiger partial charge < -0.3 is 14.3 Å². The SMILES string of the molecule is CCC.COC(=O)C1CCC(CCC=O)N1C(=O)OC(C)(C)C. The lowest BCUT2D eigenvalue weighted by molar-refractivity contribution is -0.146. The first kappa shape index (κ1) is 21.4. The minimum atomic E-state index is -0.629. The van der Waals surface area contributed by atoms with E-state index in [2.05, 4.69) is 13.8 Å². The zero-order valence-corrected chi connectivity index (χ0v) is 15.3. The molecular weight excluding hydrogens is 298 g/mol. The van der Waals surface area contributed by atoms with E-state index in [-0.39, 0.29) is 6.04 Å². The van der Waals surface area contributed by atoms with Crippen LogP contribution in [0.1, 0.15) is 66.7 Å². The van der Waals surface area contributed by atoms with E-state index in [0.717, 1.165) is 6.29 Å². The van der Waals surface area contributed by atoms with Crippen molar-refractivity contribution in [3.63, 3.8) is 0 Å². The van der Waals surface area contributed by atoms with Crippen LogP contribution in [-0.2, 0) is 19.1 Å². The van der Waals surface area contributed by atoms with Crippen LogP contribution in [0.5, 0.6) is 0 Å². The van der Waals surface area contributed by atoms with Gasteiger partial charge in [-0.25, -0.2) is 9.59 Å². The highest BCUT2D eigenvalue weighted by molar-refractivity contribution is 5.82. The van der Waals surface area contributed by atoms with Crippen molar-refractivity contribution in [2.24, 2.45) is 0 Å². The highest BCUT2D eigenvalue weighted by Crippen LogP contribution is 2.29. The van der Waals surface area contributed by atoms with Crippen LogP contribution in [0, 0.1) is 0 Å². The fraction of sp³-hybridized carbons (Fsp3) is 0.824. The third-order valence-electron chi connectivity index (χ3n) is 3.20. The highest BCUT2D eigenvalue weighted by atomic mass is 16.6. The second kappa shape index (κ2) is 10.2. The first-order chi connectivity index (χ1) is 10.7. The summed E-state index contributed by atoms with van der Waals surface area (Å²) in [6, 6.07) is -0.773. The van der Waals surface area contributed by atoms with E-state index in [1.54, 1.807) is 20.8 Å². The molecule has 0 saturated carbocycles. The number of carbonyl (C=O) groups excluding carboxylic acids is 3. The number of rotatable bonds is 4. The van der Waals surface area contributed by atoms with E-state index >= 15 is 0 Å². The van der Waals surface area contributed by atoms with Crippen LogP contribution in [0.25, 0.3) is 0 Å². The van der Waals surface area contributed by atoms with Crippen LogP contribution in [0.2, 0.25) is 0 Å². The zero-order valence-electron chi connectivity index (χ0n) is 15.3. The van der Waals surface area contributed by atoms with Crippen LogP contribution in [0.15, 0.2) is 0 Å². The van der Waals surface area contributed by atoms with E-state index in [1.807, 2.05) is 0 Å². The maximum Gasteiger partial charge on any atom is 0.411 e. The number of hydrogen-bond acceptors (Lipinski definition) is 5. The van der Waals surface area contributed by atoms with Gasteiger partial charge in [0.2, 0.25) is 0 Å². The van der Waals surface area contributed by atoms with Crippen LogP contribution in [0.4, 0.5) is 4.79 Å². The molecule has 1 rings (SSSR count). The van der Waals surface area contributed by atoms with Crippen LogP contribution < -0.4 is 0 Å². The molecule has 1 saturated heterocycles. The van der Waals surface area contributed by atoms with Gasteiger partial charge in [0.05, 0.1) is 7.11 Å². The van der Waals surface area contributed by atoms with E-state index in [4.69, 9.17) is 9.47 Å². The number of aldehydes is 1. The predicted octanol–water partition coefficient (Wildman–Crippen LogP) is 3.32. The van der Waals surface area contributed by atoms with E-state index in [9.17, 15) is 14.4 Å². The van der Waals surface area contributed by atoms with E-state index in [0.29, 0.717) is 25.7 Å². The Hall–Kier alpha value is -1.59. The number of methoxy groups -OCH3 is 1. The zero-order chi connectivity index (χ0) is 18.0. The average Bonchev–Trinajstić information content (AvgIpc) is 2.87. The molecule has 1 aliphatic heterocycles. The van der Waals surface area contributed by atoms with Crippen molar-refractivity contribution in [1.29, 1.82) is 0 Å². The molecule has 1 aliphatic rings. The Morgan fingerprint density at radius 1 is 1.22 bits per heavy atom. The second-order valence-corrected chi connectivity index (χ2v) is 6.61. The summed E-state index contributed by atoms with van der Waals surface area (Å²) in [5.74, 6) is -0.440. The summed E-state index contributed by atoms with van der Waals surface area (Å²) in [6.07, 6.45) is 3.65. The van der Waals surface area contributed by atoms with Gasteiger partial charge in [-0.15, -0.1) is 0 Å². The minimum absolute atomic E-state index is 0.154. The predicted molar refractivity (Wildman–Crippen MR) is 88.2 cm³/mol. The van der Waals surface area contributed by atoms with Crippen molar-refractivity contribution in [2.45, 2.75) is 84.4 Å². The van der Waals surface area contributed by atoms with Gasteiger partial charge in [-0.1, -0.05) is 20.3 Å². The van der Waals surface area contributed by atoms with Gasteiger partial charge in [-0.3, -0.25) is 4.90 Å². The molecule has 1 fully saturated rings. The Morgan fingerprint density at radius 2 is 1.78 bits per heavy atom. The van der Waals surface area contributed by atoms with Crippen LogP contribution in [0.3, 0.4) is 0 Å². The van der Waals surface area contributed by atoms with Crippen LogP contribution >= 0.6 is 0 Å². The highest BCUT2D eigenvalue weighted by Gasteiger charge is 2.43.